The van der Waals surface area contributed by atoms with Crippen molar-refractivity contribution in [3.63, 3.8) is 0 Å². The fraction of sp³-hybridized carbons (Fsp3) is 0. The zero-order chi connectivity index (χ0) is 22.2. The summed E-state index contributed by atoms with van der Waals surface area (Å²) in [5.41, 5.74) is 1.48. The first-order chi connectivity index (χ1) is 15.5. The molecule has 1 amide bonds. The second kappa shape index (κ2) is 7.75. The molecule has 0 bridgehead atoms. The van der Waals surface area contributed by atoms with E-state index in [4.69, 9.17) is 0 Å². The highest BCUT2D eigenvalue weighted by Gasteiger charge is 2.26. The minimum Gasteiger partial charge on any atom is -0.493 e. The molecule has 0 unspecified atom stereocenters. The SMILES string of the molecule is O=C1N=c2ccccc2=C1c1sc(=Nc2cccc(C(=O)O)c2)n(-c2ccccc2)c1O. The Morgan fingerprint density at radius 2 is 1.72 bits per heavy atom. The zero-order valence-corrected chi connectivity index (χ0v) is 17.3. The lowest BCUT2D eigenvalue weighted by molar-refractivity contribution is -0.112. The predicted octanol–water partition coefficient (Wildman–Crippen LogP) is 2.53. The molecule has 8 heteroatoms. The summed E-state index contributed by atoms with van der Waals surface area (Å²) in [6, 6.07) is 22.5. The van der Waals surface area contributed by atoms with Gasteiger partial charge in [-0.25, -0.2) is 14.8 Å². The van der Waals surface area contributed by atoms with Gasteiger partial charge in [0.25, 0.3) is 5.91 Å². The first-order valence-corrected chi connectivity index (χ1v) is 10.5. The van der Waals surface area contributed by atoms with E-state index in [9.17, 15) is 19.8 Å². The van der Waals surface area contributed by atoms with Crippen LogP contribution < -0.4 is 15.4 Å². The van der Waals surface area contributed by atoms with E-state index in [1.54, 1.807) is 30.3 Å². The fourth-order valence-electron chi connectivity index (χ4n) is 3.52. The van der Waals surface area contributed by atoms with Crippen molar-refractivity contribution in [2.24, 2.45) is 9.98 Å². The number of hydrogen-bond acceptors (Lipinski definition) is 5. The Bertz CT molecular complexity index is 1580. The van der Waals surface area contributed by atoms with Crippen molar-refractivity contribution in [2.45, 2.75) is 0 Å². The van der Waals surface area contributed by atoms with Crippen LogP contribution in [-0.2, 0) is 4.79 Å². The van der Waals surface area contributed by atoms with Crippen LogP contribution in [0.1, 0.15) is 15.2 Å². The van der Waals surface area contributed by atoms with Crippen LogP contribution in [0.3, 0.4) is 0 Å². The van der Waals surface area contributed by atoms with Crippen LogP contribution in [-0.4, -0.2) is 26.7 Å². The van der Waals surface area contributed by atoms with E-state index >= 15 is 0 Å². The number of hydrogen-bond donors (Lipinski definition) is 2. The number of carboxylic acid groups (broad SMARTS) is 1. The van der Waals surface area contributed by atoms with Crippen LogP contribution >= 0.6 is 11.3 Å². The normalized spacial score (nSPS) is 13.2. The molecule has 1 aliphatic rings. The maximum absolute atomic E-state index is 12.7. The minimum atomic E-state index is -1.06. The number of amides is 1. The number of fused-ring (bicyclic) bond motifs is 1. The molecule has 5 rings (SSSR count). The molecule has 4 aromatic rings. The molecule has 2 heterocycles. The molecular formula is C24H15N3O4S. The summed E-state index contributed by atoms with van der Waals surface area (Å²) in [5.74, 6) is -1.62. The van der Waals surface area contributed by atoms with Gasteiger partial charge in [0.15, 0.2) is 4.80 Å². The highest BCUT2D eigenvalue weighted by Crippen LogP contribution is 2.31. The standard InChI is InChI=1S/C24H15N3O4S/c28-21-19(17-11-4-5-12-18(17)26-21)20-22(29)27(16-9-2-1-3-10-16)24(32-20)25-15-8-6-7-14(13-15)23(30)31/h1-13,29H,(H,30,31). The van der Waals surface area contributed by atoms with Crippen molar-refractivity contribution in [2.75, 3.05) is 0 Å². The van der Waals surface area contributed by atoms with Gasteiger partial charge in [-0.1, -0.05) is 53.8 Å². The van der Waals surface area contributed by atoms with E-state index in [1.807, 2.05) is 36.4 Å². The van der Waals surface area contributed by atoms with Gasteiger partial charge in [0, 0.05) is 5.22 Å². The fourth-order valence-corrected chi connectivity index (χ4v) is 4.62. The van der Waals surface area contributed by atoms with E-state index in [1.165, 1.54) is 16.7 Å². The molecule has 0 aliphatic carbocycles. The molecule has 1 aliphatic heterocycles. The zero-order valence-electron chi connectivity index (χ0n) is 16.5. The quantitative estimate of drug-likeness (QED) is 0.508. The van der Waals surface area contributed by atoms with Crippen LogP contribution in [0.25, 0.3) is 11.3 Å². The lowest BCUT2D eigenvalue weighted by Crippen LogP contribution is -2.22. The van der Waals surface area contributed by atoms with E-state index in [-0.39, 0.29) is 11.4 Å². The minimum absolute atomic E-state index is 0.103. The molecule has 2 N–H and O–H groups in total. The van der Waals surface area contributed by atoms with Crippen LogP contribution in [0.2, 0.25) is 0 Å². The number of aromatic nitrogens is 1. The van der Waals surface area contributed by atoms with Gasteiger partial charge < -0.3 is 10.2 Å². The van der Waals surface area contributed by atoms with Crippen molar-refractivity contribution < 1.29 is 19.8 Å². The molecule has 1 aromatic heterocycles. The van der Waals surface area contributed by atoms with E-state index in [0.717, 1.165) is 11.3 Å². The molecule has 7 nitrogen and oxygen atoms in total. The molecule has 156 valence electrons. The van der Waals surface area contributed by atoms with Crippen molar-refractivity contribution in [1.29, 1.82) is 0 Å². The van der Waals surface area contributed by atoms with Gasteiger partial charge in [-0.15, -0.1) is 0 Å². The van der Waals surface area contributed by atoms with E-state index < -0.39 is 11.9 Å². The molecule has 0 fully saturated rings. The van der Waals surface area contributed by atoms with Crippen molar-refractivity contribution >= 4 is 34.5 Å². The maximum Gasteiger partial charge on any atom is 0.335 e. The average Bonchev–Trinajstić information content (AvgIpc) is 3.29. The summed E-state index contributed by atoms with van der Waals surface area (Å²) in [6.45, 7) is 0. The number of aromatic hydroxyl groups is 1. The molecule has 3 aromatic carbocycles. The van der Waals surface area contributed by atoms with Gasteiger partial charge in [-0.2, -0.15) is 0 Å². The molecule has 32 heavy (non-hydrogen) atoms. The Morgan fingerprint density at radius 1 is 0.969 bits per heavy atom. The molecule has 0 radical (unpaired) electrons. The average molecular weight is 441 g/mol. The summed E-state index contributed by atoms with van der Waals surface area (Å²) in [6.07, 6.45) is 0. The number of carbonyl (C=O) groups excluding carboxylic acids is 1. The van der Waals surface area contributed by atoms with E-state index in [0.29, 0.717) is 37.2 Å². The molecular weight excluding hydrogens is 426 g/mol. The van der Waals surface area contributed by atoms with E-state index in [2.05, 4.69) is 9.98 Å². The number of aromatic carboxylic acids is 1. The summed E-state index contributed by atoms with van der Waals surface area (Å²) >= 11 is 1.14. The second-order valence-corrected chi connectivity index (χ2v) is 7.96. The number of carboxylic acids is 1. The third kappa shape index (κ3) is 3.32. The Kier molecular flexibility index (Phi) is 4.76. The smallest absolute Gasteiger partial charge is 0.335 e. The van der Waals surface area contributed by atoms with Crippen molar-refractivity contribution in [3.05, 3.63) is 105 Å². The van der Waals surface area contributed by atoms with Gasteiger partial charge in [0.2, 0.25) is 5.88 Å². The number of para-hydroxylation sites is 2. The number of thiazole rings is 1. The Labute approximate surface area is 185 Å². The predicted molar refractivity (Wildman–Crippen MR) is 119 cm³/mol. The van der Waals surface area contributed by atoms with Gasteiger partial charge >= 0.3 is 5.97 Å². The van der Waals surface area contributed by atoms with Crippen molar-refractivity contribution in [3.8, 4) is 11.6 Å². The summed E-state index contributed by atoms with van der Waals surface area (Å²) in [5, 5.41) is 21.7. The monoisotopic (exact) mass is 441 g/mol. The second-order valence-electron chi connectivity index (χ2n) is 6.98. The van der Waals surface area contributed by atoms with Crippen LogP contribution in [0.5, 0.6) is 5.88 Å². The number of rotatable bonds is 4. The van der Waals surface area contributed by atoms with Crippen LogP contribution in [0.4, 0.5) is 5.69 Å². The maximum atomic E-state index is 12.7. The molecule has 0 saturated carbocycles. The topological polar surface area (TPSA) is 104 Å². The van der Waals surface area contributed by atoms with Crippen LogP contribution in [0, 0.1) is 0 Å². The largest absolute Gasteiger partial charge is 0.493 e. The van der Waals surface area contributed by atoms with Crippen molar-refractivity contribution in [1.82, 2.24) is 4.57 Å². The first-order valence-electron chi connectivity index (χ1n) is 9.64. The Balaban J connectivity index is 1.81. The third-order valence-electron chi connectivity index (χ3n) is 4.97. The summed E-state index contributed by atoms with van der Waals surface area (Å²) < 4.78 is 1.54. The Morgan fingerprint density at radius 3 is 2.50 bits per heavy atom. The lowest BCUT2D eigenvalue weighted by Gasteiger charge is -2.05. The van der Waals surface area contributed by atoms with Gasteiger partial charge in [0.05, 0.1) is 27.9 Å². The van der Waals surface area contributed by atoms with Gasteiger partial charge in [-0.05, 0) is 36.4 Å². The highest BCUT2D eigenvalue weighted by molar-refractivity contribution is 7.11. The number of carbonyl (C=O) groups is 2. The third-order valence-corrected chi connectivity index (χ3v) is 6.02. The lowest BCUT2D eigenvalue weighted by atomic mass is 10.1. The summed E-state index contributed by atoms with van der Waals surface area (Å²) in [4.78, 5) is 33.5. The number of nitrogens with zero attached hydrogens (tertiary/aromatic N) is 3. The first kappa shape index (κ1) is 19.7. The van der Waals surface area contributed by atoms with Crippen LogP contribution in [0.15, 0.2) is 88.8 Å². The van der Waals surface area contributed by atoms with Gasteiger partial charge in [0.1, 0.15) is 4.88 Å². The summed E-state index contributed by atoms with van der Waals surface area (Å²) in [7, 11) is 0. The number of benzene rings is 3. The highest BCUT2D eigenvalue weighted by atomic mass is 32.1. The molecule has 0 spiro atoms. The Hall–Kier alpha value is -4.30. The molecule has 0 saturated heterocycles. The molecule has 0 atom stereocenters. The van der Waals surface area contributed by atoms with Gasteiger partial charge in [-0.3, -0.25) is 9.36 Å².